The van der Waals surface area contributed by atoms with Crippen LogP contribution in [-0.2, 0) is 4.74 Å². The van der Waals surface area contributed by atoms with Gasteiger partial charge in [-0.2, -0.15) is 8.78 Å². The summed E-state index contributed by atoms with van der Waals surface area (Å²) in [7, 11) is 0. The maximum Gasteiger partial charge on any atom is 0.387 e. The second-order valence-corrected chi connectivity index (χ2v) is 6.63. The molecule has 6 nitrogen and oxygen atoms in total. The summed E-state index contributed by atoms with van der Waals surface area (Å²) in [6.07, 6.45) is 3.26. The molecule has 144 valence electrons. The summed E-state index contributed by atoms with van der Waals surface area (Å²) >= 11 is 0. The standard InChI is InChI=1S/C18H25F2N3O3/c19-17(20)26-15-6-4-14(5-7-15)21-18(24)23-10-3-11-25-16(13-23)12-22-8-1-2-9-22/h4-7,16-17H,1-3,8-13H2,(H,21,24). The predicted octanol–water partition coefficient (Wildman–Crippen LogP) is 3.01. The van der Waals surface area contributed by atoms with Crippen LogP contribution >= 0.6 is 0 Å². The summed E-state index contributed by atoms with van der Waals surface area (Å²) in [6.45, 7) is 2.02. The quantitative estimate of drug-likeness (QED) is 0.867. The number of carbonyl (C=O) groups excluding carboxylic acids is 1. The average Bonchev–Trinajstić information content (AvgIpc) is 3.00. The number of urea groups is 1. The number of benzene rings is 1. The number of halogens is 2. The van der Waals surface area contributed by atoms with Crippen molar-refractivity contribution in [1.82, 2.24) is 9.80 Å². The molecule has 2 aliphatic heterocycles. The number of likely N-dealkylation sites (tertiary alicyclic amines) is 1. The van der Waals surface area contributed by atoms with E-state index < -0.39 is 6.61 Å². The zero-order valence-corrected chi connectivity index (χ0v) is 14.7. The van der Waals surface area contributed by atoms with E-state index in [0.29, 0.717) is 25.4 Å². The third kappa shape index (κ3) is 5.54. The number of anilines is 1. The minimum atomic E-state index is -2.86. The van der Waals surface area contributed by atoms with Crippen molar-refractivity contribution in [2.24, 2.45) is 0 Å². The first-order valence-electron chi connectivity index (χ1n) is 9.05. The lowest BCUT2D eigenvalue weighted by atomic mass is 10.3. The Morgan fingerprint density at radius 1 is 1.19 bits per heavy atom. The van der Waals surface area contributed by atoms with E-state index in [2.05, 4.69) is 15.0 Å². The first kappa shape index (κ1) is 18.8. The van der Waals surface area contributed by atoms with Crippen LogP contribution in [0.4, 0.5) is 19.3 Å². The molecule has 1 aromatic rings. The highest BCUT2D eigenvalue weighted by Gasteiger charge is 2.25. The van der Waals surface area contributed by atoms with Crippen molar-refractivity contribution in [3.05, 3.63) is 24.3 Å². The van der Waals surface area contributed by atoms with Crippen LogP contribution in [0.25, 0.3) is 0 Å². The van der Waals surface area contributed by atoms with E-state index in [1.165, 1.54) is 25.0 Å². The SMILES string of the molecule is O=C(Nc1ccc(OC(F)F)cc1)N1CCCOC(CN2CCCC2)C1. The minimum Gasteiger partial charge on any atom is -0.435 e. The van der Waals surface area contributed by atoms with Gasteiger partial charge in [-0.15, -0.1) is 0 Å². The van der Waals surface area contributed by atoms with Crippen LogP contribution in [0.5, 0.6) is 5.75 Å². The number of nitrogens with one attached hydrogen (secondary N) is 1. The van der Waals surface area contributed by atoms with E-state index in [9.17, 15) is 13.6 Å². The molecule has 0 bridgehead atoms. The van der Waals surface area contributed by atoms with Crippen LogP contribution < -0.4 is 10.1 Å². The maximum absolute atomic E-state index is 12.6. The van der Waals surface area contributed by atoms with E-state index in [1.807, 2.05) is 0 Å². The van der Waals surface area contributed by atoms with Crippen LogP contribution in [0.3, 0.4) is 0 Å². The molecular weight excluding hydrogens is 344 g/mol. The smallest absolute Gasteiger partial charge is 0.387 e. The van der Waals surface area contributed by atoms with Gasteiger partial charge in [0.2, 0.25) is 0 Å². The number of hydrogen-bond donors (Lipinski definition) is 1. The van der Waals surface area contributed by atoms with Gasteiger partial charge in [-0.05, 0) is 56.6 Å². The van der Waals surface area contributed by atoms with Crippen LogP contribution in [-0.4, -0.2) is 67.9 Å². The van der Waals surface area contributed by atoms with Crippen LogP contribution in [0.15, 0.2) is 24.3 Å². The van der Waals surface area contributed by atoms with Gasteiger partial charge in [-0.1, -0.05) is 0 Å². The van der Waals surface area contributed by atoms with Crippen molar-refractivity contribution in [1.29, 1.82) is 0 Å². The van der Waals surface area contributed by atoms with Crippen molar-refractivity contribution < 1.29 is 23.0 Å². The molecule has 26 heavy (non-hydrogen) atoms. The van der Waals surface area contributed by atoms with E-state index in [0.717, 1.165) is 26.1 Å². The van der Waals surface area contributed by atoms with Gasteiger partial charge in [-0.3, -0.25) is 0 Å². The molecule has 1 aromatic carbocycles. The molecule has 2 amide bonds. The number of hydrogen-bond acceptors (Lipinski definition) is 4. The highest BCUT2D eigenvalue weighted by Crippen LogP contribution is 2.19. The Kier molecular flexibility index (Phi) is 6.62. The molecular formula is C18H25F2N3O3. The van der Waals surface area contributed by atoms with E-state index >= 15 is 0 Å². The Morgan fingerprint density at radius 3 is 2.62 bits per heavy atom. The Bertz CT molecular complexity index is 580. The first-order chi connectivity index (χ1) is 12.6. The Hall–Kier alpha value is -1.93. The molecule has 2 saturated heterocycles. The highest BCUT2D eigenvalue weighted by atomic mass is 19.3. The third-order valence-corrected chi connectivity index (χ3v) is 4.63. The summed E-state index contributed by atoms with van der Waals surface area (Å²) in [4.78, 5) is 16.7. The van der Waals surface area contributed by atoms with Gasteiger partial charge in [0.1, 0.15) is 5.75 Å². The molecule has 0 saturated carbocycles. The molecule has 2 heterocycles. The van der Waals surface area contributed by atoms with Gasteiger partial charge in [0, 0.05) is 31.9 Å². The maximum atomic E-state index is 12.6. The van der Waals surface area contributed by atoms with Gasteiger partial charge >= 0.3 is 12.6 Å². The van der Waals surface area contributed by atoms with Crippen molar-refractivity contribution >= 4 is 11.7 Å². The molecule has 8 heteroatoms. The van der Waals surface area contributed by atoms with Crippen molar-refractivity contribution in [3.8, 4) is 5.75 Å². The van der Waals surface area contributed by atoms with E-state index in [1.54, 1.807) is 17.0 Å². The predicted molar refractivity (Wildman–Crippen MR) is 93.7 cm³/mol. The summed E-state index contributed by atoms with van der Waals surface area (Å²) in [5.74, 6) is 0.0619. The molecule has 0 radical (unpaired) electrons. The Labute approximate surface area is 152 Å². The highest BCUT2D eigenvalue weighted by molar-refractivity contribution is 5.89. The van der Waals surface area contributed by atoms with Crippen LogP contribution in [0.2, 0.25) is 0 Å². The molecule has 1 N–H and O–H groups in total. The second-order valence-electron chi connectivity index (χ2n) is 6.63. The topological polar surface area (TPSA) is 54.0 Å². The van der Waals surface area contributed by atoms with Gasteiger partial charge in [-0.25, -0.2) is 4.79 Å². The van der Waals surface area contributed by atoms with Crippen molar-refractivity contribution in [2.75, 3.05) is 44.6 Å². The van der Waals surface area contributed by atoms with Crippen molar-refractivity contribution in [3.63, 3.8) is 0 Å². The number of carbonyl (C=O) groups is 1. The number of amides is 2. The minimum absolute atomic E-state index is 0.0168. The number of alkyl halides is 2. The fourth-order valence-corrected chi connectivity index (χ4v) is 3.37. The third-order valence-electron chi connectivity index (χ3n) is 4.63. The van der Waals surface area contributed by atoms with Gasteiger partial charge in [0.15, 0.2) is 0 Å². The zero-order chi connectivity index (χ0) is 18.4. The summed E-state index contributed by atoms with van der Waals surface area (Å²) < 4.78 is 34.6. The molecule has 2 aliphatic rings. The molecule has 0 aromatic heterocycles. The lowest BCUT2D eigenvalue weighted by molar-refractivity contribution is -0.0498. The van der Waals surface area contributed by atoms with Gasteiger partial charge < -0.3 is 24.6 Å². The van der Waals surface area contributed by atoms with E-state index in [4.69, 9.17) is 4.74 Å². The second kappa shape index (κ2) is 9.14. The number of ether oxygens (including phenoxy) is 2. The molecule has 1 unspecified atom stereocenters. The fourth-order valence-electron chi connectivity index (χ4n) is 3.37. The van der Waals surface area contributed by atoms with Crippen LogP contribution in [0.1, 0.15) is 19.3 Å². The molecule has 3 rings (SSSR count). The van der Waals surface area contributed by atoms with Crippen molar-refractivity contribution in [2.45, 2.75) is 32.0 Å². The largest absolute Gasteiger partial charge is 0.435 e. The monoisotopic (exact) mass is 369 g/mol. The van der Waals surface area contributed by atoms with Crippen LogP contribution in [0, 0.1) is 0 Å². The lowest BCUT2D eigenvalue weighted by Crippen LogP contribution is -2.43. The molecule has 0 aliphatic carbocycles. The number of nitrogens with zero attached hydrogens (tertiary/aromatic N) is 2. The first-order valence-corrected chi connectivity index (χ1v) is 9.05. The van der Waals surface area contributed by atoms with Gasteiger partial charge in [0.05, 0.1) is 6.10 Å². The molecule has 0 spiro atoms. The molecule has 2 fully saturated rings. The normalized spacial score (nSPS) is 21.7. The summed E-state index contributed by atoms with van der Waals surface area (Å²) in [5.41, 5.74) is 0.540. The average molecular weight is 369 g/mol. The van der Waals surface area contributed by atoms with E-state index in [-0.39, 0.29) is 17.9 Å². The number of rotatable bonds is 5. The summed E-state index contributed by atoms with van der Waals surface area (Å²) in [6, 6.07) is 5.70. The lowest BCUT2D eigenvalue weighted by Gasteiger charge is -2.27. The van der Waals surface area contributed by atoms with Gasteiger partial charge in [0.25, 0.3) is 0 Å². The molecule has 1 atom stereocenters. The Balaban J connectivity index is 1.53. The Morgan fingerprint density at radius 2 is 1.92 bits per heavy atom. The fraction of sp³-hybridized carbons (Fsp3) is 0.611. The summed E-state index contributed by atoms with van der Waals surface area (Å²) in [5, 5.41) is 2.81. The zero-order valence-electron chi connectivity index (χ0n) is 14.7.